The Morgan fingerprint density at radius 1 is 1.06 bits per heavy atom. The number of benzene rings is 1. The lowest BCUT2D eigenvalue weighted by atomic mass is 10.3. The van der Waals surface area contributed by atoms with Crippen LogP contribution in [-0.4, -0.2) is 14.1 Å². The summed E-state index contributed by atoms with van der Waals surface area (Å²) >= 11 is 0. The van der Waals surface area contributed by atoms with Crippen LogP contribution in [-0.2, 0) is 14.4 Å². The zero-order valence-electron chi connectivity index (χ0n) is 8.80. The summed E-state index contributed by atoms with van der Waals surface area (Å²) in [7, 11) is -3.74. The van der Waals surface area contributed by atoms with Gasteiger partial charge in [0.25, 0.3) is 0 Å². The molecule has 0 amide bonds. The van der Waals surface area contributed by atoms with E-state index in [0.717, 1.165) is 31.4 Å². The summed E-state index contributed by atoms with van der Waals surface area (Å²) in [5.74, 6) is 0. The van der Waals surface area contributed by atoms with Crippen molar-refractivity contribution < 1.29 is 12.7 Å². The highest BCUT2D eigenvalue weighted by Crippen LogP contribution is 2.17. The monoisotopic (exact) mass is 239 g/mol. The molecule has 1 aliphatic carbocycles. The van der Waals surface area contributed by atoms with E-state index >= 15 is 0 Å². The zero-order valence-corrected chi connectivity index (χ0v) is 9.61. The smallest absolute Gasteiger partial charge is 0.265 e. The highest BCUT2D eigenvalue weighted by Gasteiger charge is 2.16. The zero-order chi connectivity index (χ0) is 11.4. The third-order valence-electron chi connectivity index (χ3n) is 2.48. The van der Waals surface area contributed by atoms with E-state index in [1.807, 2.05) is 0 Å². The van der Waals surface area contributed by atoms with E-state index in [4.69, 9.17) is 0 Å². The molecule has 0 N–H and O–H groups in total. The molecule has 0 bridgehead atoms. The molecule has 0 atom stereocenters. The molecule has 4 nitrogen and oxygen atoms in total. The van der Waals surface area contributed by atoms with Crippen molar-refractivity contribution in [2.45, 2.75) is 30.6 Å². The summed E-state index contributed by atoms with van der Waals surface area (Å²) < 4.78 is 28.0. The molecule has 86 valence electrons. The second kappa shape index (κ2) is 4.65. The van der Waals surface area contributed by atoms with Crippen molar-refractivity contribution in [3.05, 3.63) is 30.3 Å². The molecular formula is C11H13NO3S. The summed E-state index contributed by atoms with van der Waals surface area (Å²) in [6, 6.07) is 8.04. The molecule has 1 saturated carbocycles. The minimum atomic E-state index is -3.74. The Hall–Kier alpha value is -1.36. The molecule has 1 aromatic carbocycles. The summed E-state index contributed by atoms with van der Waals surface area (Å²) in [6.07, 6.45) is 3.80. The van der Waals surface area contributed by atoms with E-state index in [-0.39, 0.29) is 4.90 Å². The molecule has 0 aromatic heterocycles. The van der Waals surface area contributed by atoms with Crippen molar-refractivity contribution in [2.24, 2.45) is 5.16 Å². The lowest BCUT2D eigenvalue weighted by Gasteiger charge is -2.01. The average Bonchev–Trinajstić information content (AvgIpc) is 2.81. The number of hydrogen-bond donors (Lipinski definition) is 0. The normalized spacial score (nSPS) is 16.1. The van der Waals surface area contributed by atoms with Gasteiger partial charge in [-0.15, -0.1) is 0 Å². The van der Waals surface area contributed by atoms with Crippen LogP contribution in [0.5, 0.6) is 0 Å². The van der Waals surface area contributed by atoms with Crippen molar-refractivity contribution >= 4 is 15.8 Å². The third kappa shape index (κ3) is 2.61. The fraction of sp³-hybridized carbons (Fsp3) is 0.364. The summed E-state index contributed by atoms with van der Waals surface area (Å²) in [5, 5.41) is 3.70. The van der Waals surface area contributed by atoms with Gasteiger partial charge in [0.15, 0.2) is 0 Å². The maximum absolute atomic E-state index is 11.7. The molecule has 0 aliphatic heterocycles. The molecule has 2 rings (SSSR count). The highest BCUT2D eigenvalue weighted by atomic mass is 32.2. The summed E-state index contributed by atoms with van der Waals surface area (Å²) in [4.78, 5) is 0.136. The van der Waals surface area contributed by atoms with Gasteiger partial charge in [0.05, 0.1) is 5.71 Å². The minimum absolute atomic E-state index is 0.136. The summed E-state index contributed by atoms with van der Waals surface area (Å²) in [6.45, 7) is 0. The molecule has 0 saturated heterocycles. The maximum atomic E-state index is 11.7. The molecule has 0 heterocycles. The third-order valence-corrected chi connectivity index (χ3v) is 3.60. The van der Waals surface area contributed by atoms with Crippen LogP contribution in [0.2, 0.25) is 0 Å². The van der Waals surface area contributed by atoms with Crippen LogP contribution in [0.25, 0.3) is 0 Å². The van der Waals surface area contributed by atoms with Gasteiger partial charge < -0.3 is 0 Å². The first-order valence-corrected chi connectivity index (χ1v) is 6.64. The van der Waals surface area contributed by atoms with E-state index in [1.165, 1.54) is 12.1 Å². The van der Waals surface area contributed by atoms with Gasteiger partial charge in [-0.1, -0.05) is 23.4 Å². The standard InChI is InChI=1S/C11H13NO3S/c13-16(14,11-8-2-1-3-9-11)15-12-10-6-4-5-7-10/h1-3,8-9H,4-7H2. The Kier molecular flexibility index (Phi) is 3.24. The number of hydrogen-bond acceptors (Lipinski definition) is 4. The second-order valence-corrected chi connectivity index (χ2v) is 5.24. The van der Waals surface area contributed by atoms with E-state index in [0.29, 0.717) is 0 Å². The van der Waals surface area contributed by atoms with Crippen molar-refractivity contribution in [1.29, 1.82) is 0 Å². The van der Waals surface area contributed by atoms with Gasteiger partial charge in [-0.2, -0.15) is 8.42 Å². The SMILES string of the molecule is O=S(=O)(ON=C1CCCC1)c1ccccc1. The Balaban J connectivity index is 2.12. The van der Waals surface area contributed by atoms with E-state index < -0.39 is 10.1 Å². The van der Waals surface area contributed by atoms with Crippen molar-refractivity contribution in [1.82, 2.24) is 0 Å². The van der Waals surface area contributed by atoms with E-state index in [1.54, 1.807) is 18.2 Å². The van der Waals surface area contributed by atoms with Crippen LogP contribution in [0.4, 0.5) is 0 Å². The van der Waals surface area contributed by atoms with Gasteiger partial charge in [-0.05, 0) is 37.8 Å². The van der Waals surface area contributed by atoms with Crippen molar-refractivity contribution in [2.75, 3.05) is 0 Å². The molecular weight excluding hydrogens is 226 g/mol. The fourth-order valence-corrected chi connectivity index (χ4v) is 2.39. The second-order valence-electron chi connectivity index (χ2n) is 3.71. The lowest BCUT2D eigenvalue weighted by Crippen LogP contribution is -2.04. The fourth-order valence-electron chi connectivity index (χ4n) is 1.61. The molecule has 5 heteroatoms. The largest absolute Gasteiger partial charge is 0.358 e. The topological polar surface area (TPSA) is 55.7 Å². The average molecular weight is 239 g/mol. The first-order chi connectivity index (χ1) is 7.68. The van der Waals surface area contributed by atoms with E-state index in [2.05, 4.69) is 9.44 Å². The first-order valence-electron chi connectivity index (χ1n) is 5.23. The number of rotatable bonds is 3. The first kappa shape index (κ1) is 11.1. The van der Waals surface area contributed by atoms with Crippen molar-refractivity contribution in [3.8, 4) is 0 Å². The minimum Gasteiger partial charge on any atom is -0.265 e. The molecule has 16 heavy (non-hydrogen) atoms. The van der Waals surface area contributed by atoms with Crippen LogP contribution >= 0.6 is 0 Å². The quantitative estimate of drug-likeness (QED) is 0.760. The molecule has 0 unspecified atom stereocenters. The van der Waals surface area contributed by atoms with Gasteiger partial charge >= 0.3 is 10.1 Å². The Morgan fingerprint density at radius 2 is 1.69 bits per heavy atom. The van der Waals surface area contributed by atoms with Crippen LogP contribution < -0.4 is 0 Å². The molecule has 1 aromatic rings. The van der Waals surface area contributed by atoms with Gasteiger partial charge in [0, 0.05) is 0 Å². The molecule has 1 aliphatic rings. The number of nitrogens with zero attached hydrogens (tertiary/aromatic N) is 1. The van der Waals surface area contributed by atoms with Crippen LogP contribution in [0, 0.1) is 0 Å². The van der Waals surface area contributed by atoms with E-state index in [9.17, 15) is 8.42 Å². The van der Waals surface area contributed by atoms with Gasteiger partial charge in [0.2, 0.25) is 0 Å². The molecule has 0 radical (unpaired) electrons. The van der Waals surface area contributed by atoms with Gasteiger partial charge in [-0.25, -0.2) is 0 Å². The van der Waals surface area contributed by atoms with Crippen molar-refractivity contribution in [3.63, 3.8) is 0 Å². The summed E-state index contributed by atoms with van der Waals surface area (Å²) in [5.41, 5.74) is 0.833. The van der Waals surface area contributed by atoms with Crippen LogP contribution in [0.15, 0.2) is 40.4 Å². The Bertz CT molecular complexity index is 471. The Morgan fingerprint density at radius 3 is 2.31 bits per heavy atom. The van der Waals surface area contributed by atoms with Gasteiger partial charge in [-0.3, -0.25) is 4.28 Å². The predicted octanol–water partition coefficient (Wildman–Crippen LogP) is 2.32. The predicted molar refractivity (Wildman–Crippen MR) is 60.6 cm³/mol. The highest BCUT2D eigenvalue weighted by molar-refractivity contribution is 7.86. The molecule has 0 spiro atoms. The maximum Gasteiger partial charge on any atom is 0.358 e. The molecule has 1 fully saturated rings. The lowest BCUT2D eigenvalue weighted by molar-refractivity contribution is 0.337. The van der Waals surface area contributed by atoms with Crippen LogP contribution in [0.1, 0.15) is 25.7 Å². The number of oxime groups is 1. The van der Waals surface area contributed by atoms with Gasteiger partial charge in [0.1, 0.15) is 4.90 Å². The van der Waals surface area contributed by atoms with Crippen LogP contribution in [0.3, 0.4) is 0 Å². The Labute approximate surface area is 95.0 Å².